The predicted octanol–water partition coefficient (Wildman–Crippen LogP) is 21.8. The SMILES string of the molecule is CCCCCCCC/C=C\CCCCCCCC(=O)OCCCCCCCCCCCCCCCCCCCCCCC(=O)NC(CO)C(O)/C=C/CCCCCCCCCCCCCCCCCCCCCCC. The zero-order valence-corrected chi connectivity index (χ0v) is 50.8. The van der Waals surface area contributed by atoms with Crippen molar-refractivity contribution in [3.05, 3.63) is 24.3 Å². The molecule has 0 saturated carbocycles. The van der Waals surface area contributed by atoms with Gasteiger partial charge in [-0.25, -0.2) is 0 Å². The van der Waals surface area contributed by atoms with Crippen LogP contribution < -0.4 is 5.32 Å². The van der Waals surface area contributed by atoms with E-state index in [4.69, 9.17) is 4.74 Å². The molecule has 0 aliphatic heterocycles. The first-order valence-electron chi connectivity index (χ1n) is 34.1. The lowest BCUT2D eigenvalue weighted by Crippen LogP contribution is -2.45. The largest absolute Gasteiger partial charge is 0.466 e. The van der Waals surface area contributed by atoms with Gasteiger partial charge >= 0.3 is 5.97 Å². The number of allylic oxidation sites excluding steroid dienone is 3. The van der Waals surface area contributed by atoms with Crippen molar-refractivity contribution in [1.82, 2.24) is 5.32 Å². The summed E-state index contributed by atoms with van der Waals surface area (Å²) in [5.74, 6) is -0.0630. The van der Waals surface area contributed by atoms with Crippen LogP contribution in [0.3, 0.4) is 0 Å². The van der Waals surface area contributed by atoms with Crippen molar-refractivity contribution in [2.24, 2.45) is 0 Å². The van der Waals surface area contributed by atoms with Crippen LogP contribution in [0.5, 0.6) is 0 Å². The smallest absolute Gasteiger partial charge is 0.305 e. The predicted molar refractivity (Wildman–Crippen MR) is 329 cm³/mol. The van der Waals surface area contributed by atoms with Crippen LogP contribution >= 0.6 is 0 Å². The second-order valence-electron chi connectivity index (χ2n) is 23.5. The second-order valence-corrected chi connectivity index (χ2v) is 23.5. The van der Waals surface area contributed by atoms with E-state index in [2.05, 4.69) is 31.3 Å². The number of nitrogens with one attached hydrogen (secondary N) is 1. The van der Waals surface area contributed by atoms with Crippen LogP contribution in [0, 0.1) is 0 Å². The number of unbranched alkanes of at least 4 members (excludes halogenated alkanes) is 51. The number of hydrogen-bond donors (Lipinski definition) is 3. The van der Waals surface area contributed by atoms with Gasteiger partial charge in [-0.05, 0) is 57.8 Å². The number of carbonyl (C=O) groups is 2. The maximum atomic E-state index is 12.5. The summed E-state index contributed by atoms with van der Waals surface area (Å²) in [6.07, 6.45) is 80.9. The number of esters is 1. The van der Waals surface area contributed by atoms with Gasteiger partial charge in [0, 0.05) is 12.8 Å². The molecule has 3 N–H and O–H groups in total. The van der Waals surface area contributed by atoms with Gasteiger partial charge in [-0.15, -0.1) is 0 Å². The zero-order chi connectivity index (χ0) is 54.3. The molecule has 444 valence electrons. The number of amides is 1. The highest BCUT2D eigenvalue weighted by Gasteiger charge is 2.18. The topological polar surface area (TPSA) is 95.9 Å². The Balaban J connectivity index is 3.42. The van der Waals surface area contributed by atoms with E-state index in [0.717, 1.165) is 44.9 Å². The molecule has 0 aromatic heterocycles. The highest BCUT2D eigenvalue weighted by molar-refractivity contribution is 5.76. The van der Waals surface area contributed by atoms with E-state index in [1.165, 1.54) is 308 Å². The molecule has 1 amide bonds. The molecule has 0 rings (SSSR count). The summed E-state index contributed by atoms with van der Waals surface area (Å²) in [6.45, 7) is 4.93. The van der Waals surface area contributed by atoms with Crippen LogP contribution in [0.15, 0.2) is 24.3 Å². The minimum atomic E-state index is -0.847. The maximum Gasteiger partial charge on any atom is 0.305 e. The summed E-state index contributed by atoms with van der Waals surface area (Å²) in [5, 5.41) is 23.3. The van der Waals surface area contributed by atoms with E-state index in [1.807, 2.05) is 6.08 Å². The molecule has 2 unspecified atom stereocenters. The van der Waals surface area contributed by atoms with Crippen molar-refractivity contribution in [1.29, 1.82) is 0 Å². The van der Waals surface area contributed by atoms with Gasteiger partial charge in [0.15, 0.2) is 0 Å². The molecule has 0 radical (unpaired) electrons. The van der Waals surface area contributed by atoms with Gasteiger partial charge in [-0.2, -0.15) is 0 Å². The van der Waals surface area contributed by atoms with Crippen molar-refractivity contribution in [2.75, 3.05) is 13.2 Å². The minimum absolute atomic E-state index is 0.00286. The van der Waals surface area contributed by atoms with Gasteiger partial charge in [0.05, 0.1) is 25.4 Å². The third-order valence-electron chi connectivity index (χ3n) is 16.0. The molecule has 75 heavy (non-hydrogen) atoms. The Bertz CT molecular complexity index is 1170. The number of aliphatic hydroxyl groups excluding tert-OH is 2. The number of hydrogen-bond acceptors (Lipinski definition) is 5. The van der Waals surface area contributed by atoms with Gasteiger partial charge in [-0.1, -0.05) is 334 Å². The van der Waals surface area contributed by atoms with E-state index in [0.29, 0.717) is 19.4 Å². The molecule has 0 bridgehead atoms. The standard InChI is InChI=1S/C69H133NO5/c1-3-5-7-9-11-13-15-17-19-20-21-22-23-24-27-30-34-37-41-45-49-53-57-61-67(72)66(65-71)70-68(73)62-58-54-50-46-42-38-35-31-28-25-26-29-32-36-40-44-48-52-56-60-64-75-69(74)63-59-55-51-47-43-39-33-18-16-14-12-10-8-6-4-2/h18,33,57,61,66-67,71-72H,3-17,19-32,34-56,58-60,62-65H2,1-2H3,(H,70,73)/b33-18-,61-57+. The highest BCUT2D eigenvalue weighted by Crippen LogP contribution is 2.18. The Hall–Kier alpha value is -1.66. The molecule has 0 spiro atoms. The maximum absolute atomic E-state index is 12.5. The average molecular weight is 1060 g/mol. The fourth-order valence-electron chi connectivity index (χ4n) is 10.7. The lowest BCUT2D eigenvalue weighted by Gasteiger charge is -2.20. The molecule has 0 aliphatic carbocycles. The third-order valence-corrected chi connectivity index (χ3v) is 16.0. The fourth-order valence-corrected chi connectivity index (χ4v) is 10.7. The van der Waals surface area contributed by atoms with Crippen LogP contribution in [0.1, 0.15) is 380 Å². The van der Waals surface area contributed by atoms with Crippen LogP contribution in [-0.4, -0.2) is 47.4 Å². The Morgan fingerprint density at radius 3 is 0.947 bits per heavy atom. The Labute approximate surface area is 469 Å². The zero-order valence-electron chi connectivity index (χ0n) is 50.8. The summed E-state index contributed by atoms with van der Waals surface area (Å²) >= 11 is 0. The summed E-state index contributed by atoms with van der Waals surface area (Å²) in [4.78, 5) is 24.6. The molecule has 0 fully saturated rings. The first kappa shape index (κ1) is 73.3. The Morgan fingerprint density at radius 2 is 0.627 bits per heavy atom. The van der Waals surface area contributed by atoms with Gasteiger partial charge in [-0.3, -0.25) is 9.59 Å². The summed E-state index contributed by atoms with van der Waals surface area (Å²) in [6, 6.07) is -0.631. The van der Waals surface area contributed by atoms with Crippen LogP contribution in [-0.2, 0) is 14.3 Å². The minimum Gasteiger partial charge on any atom is -0.466 e. The van der Waals surface area contributed by atoms with E-state index in [-0.39, 0.29) is 18.5 Å². The molecule has 6 nitrogen and oxygen atoms in total. The van der Waals surface area contributed by atoms with E-state index in [1.54, 1.807) is 6.08 Å². The molecule has 0 aromatic carbocycles. The Morgan fingerprint density at radius 1 is 0.360 bits per heavy atom. The summed E-state index contributed by atoms with van der Waals surface area (Å²) in [7, 11) is 0. The molecule has 0 aromatic rings. The van der Waals surface area contributed by atoms with Gasteiger partial charge < -0.3 is 20.3 Å². The van der Waals surface area contributed by atoms with Gasteiger partial charge in [0.25, 0.3) is 0 Å². The lowest BCUT2D eigenvalue weighted by atomic mass is 10.0. The average Bonchev–Trinajstić information content (AvgIpc) is 3.41. The quantitative estimate of drug-likeness (QED) is 0.0320. The van der Waals surface area contributed by atoms with Gasteiger partial charge in [0.2, 0.25) is 5.91 Å². The number of rotatable bonds is 64. The molecule has 2 atom stereocenters. The van der Waals surface area contributed by atoms with Crippen molar-refractivity contribution in [2.45, 2.75) is 392 Å². The lowest BCUT2D eigenvalue weighted by molar-refractivity contribution is -0.143. The molecule has 0 heterocycles. The van der Waals surface area contributed by atoms with Crippen LogP contribution in [0.2, 0.25) is 0 Å². The first-order chi connectivity index (χ1) is 37.0. The monoisotopic (exact) mass is 1060 g/mol. The molecule has 0 aliphatic rings. The number of aliphatic hydroxyl groups is 2. The van der Waals surface area contributed by atoms with E-state index >= 15 is 0 Å². The number of carbonyl (C=O) groups excluding carboxylic acids is 2. The van der Waals surface area contributed by atoms with Gasteiger partial charge in [0.1, 0.15) is 0 Å². The fraction of sp³-hybridized carbons (Fsp3) is 0.913. The number of ether oxygens (including phenoxy) is 1. The normalized spacial score (nSPS) is 12.6. The highest BCUT2D eigenvalue weighted by atomic mass is 16.5. The molecule has 6 heteroatoms. The van der Waals surface area contributed by atoms with Crippen molar-refractivity contribution in [3.8, 4) is 0 Å². The third kappa shape index (κ3) is 61.4. The Kier molecular flexibility index (Phi) is 63.4. The van der Waals surface area contributed by atoms with Crippen molar-refractivity contribution >= 4 is 11.9 Å². The summed E-state index contributed by atoms with van der Waals surface area (Å²) < 4.78 is 5.49. The summed E-state index contributed by atoms with van der Waals surface area (Å²) in [5.41, 5.74) is 0. The first-order valence-corrected chi connectivity index (χ1v) is 34.1. The van der Waals surface area contributed by atoms with Crippen molar-refractivity contribution < 1.29 is 24.5 Å². The molecular formula is C69H133NO5. The van der Waals surface area contributed by atoms with Crippen LogP contribution in [0.4, 0.5) is 0 Å². The van der Waals surface area contributed by atoms with E-state index in [9.17, 15) is 19.8 Å². The molecular weight excluding hydrogens is 923 g/mol. The van der Waals surface area contributed by atoms with E-state index < -0.39 is 12.1 Å². The molecule has 0 saturated heterocycles. The second kappa shape index (κ2) is 64.9. The van der Waals surface area contributed by atoms with Crippen LogP contribution in [0.25, 0.3) is 0 Å². The van der Waals surface area contributed by atoms with Crippen molar-refractivity contribution in [3.63, 3.8) is 0 Å².